The van der Waals surface area contributed by atoms with Crippen molar-refractivity contribution in [1.82, 2.24) is 24.0 Å². The first-order chi connectivity index (χ1) is 14.5. The number of imidazole rings is 2. The molecule has 5 rings (SSSR count). The van der Waals surface area contributed by atoms with Gasteiger partial charge in [0.1, 0.15) is 17.4 Å². The molecule has 1 saturated carbocycles. The third-order valence-electron chi connectivity index (χ3n) is 5.34. The van der Waals surface area contributed by atoms with Gasteiger partial charge >= 0.3 is 12.4 Å². The number of pyridine rings is 1. The van der Waals surface area contributed by atoms with Crippen molar-refractivity contribution in [3.8, 4) is 0 Å². The molecule has 5 nitrogen and oxygen atoms in total. The van der Waals surface area contributed by atoms with E-state index in [-0.39, 0.29) is 17.0 Å². The van der Waals surface area contributed by atoms with Gasteiger partial charge in [-0.3, -0.25) is 0 Å². The van der Waals surface area contributed by atoms with Crippen LogP contribution in [-0.4, -0.2) is 30.2 Å². The lowest BCUT2D eigenvalue weighted by atomic mass is 10.1. The number of alkyl halides is 6. The lowest BCUT2D eigenvalue weighted by Gasteiger charge is -2.08. The zero-order valence-electron chi connectivity index (χ0n) is 15.4. The summed E-state index contributed by atoms with van der Waals surface area (Å²) >= 11 is 6.07. The number of aromatic nitrogens is 5. The van der Waals surface area contributed by atoms with E-state index in [0.29, 0.717) is 17.6 Å². The average molecular weight is 460 g/mol. The van der Waals surface area contributed by atoms with Gasteiger partial charge in [-0.25, -0.2) is 14.5 Å². The summed E-state index contributed by atoms with van der Waals surface area (Å²) in [6.07, 6.45) is -5.93. The minimum atomic E-state index is -4.86. The second-order valence-electron chi connectivity index (χ2n) is 7.45. The summed E-state index contributed by atoms with van der Waals surface area (Å²) in [7, 11) is 0. The van der Waals surface area contributed by atoms with E-state index in [4.69, 9.17) is 11.6 Å². The predicted molar refractivity (Wildman–Crippen MR) is 98.0 cm³/mol. The predicted octanol–water partition coefficient (Wildman–Crippen LogP) is 5.43. The maximum absolute atomic E-state index is 13.3. The molecule has 1 aliphatic rings. The molecule has 1 aliphatic carbocycles. The van der Waals surface area contributed by atoms with Crippen molar-refractivity contribution in [2.24, 2.45) is 0 Å². The van der Waals surface area contributed by atoms with Crippen LogP contribution in [0.4, 0.5) is 26.3 Å². The molecule has 0 bridgehead atoms. The number of halogens is 7. The van der Waals surface area contributed by atoms with Gasteiger partial charge in [-0.2, -0.15) is 31.4 Å². The molecule has 4 aromatic rings. The minimum Gasteiger partial charge on any atom is -0.303 e. The Balaban J connectivity index is 1.56. The van der Waals surface area contributed by atoms with Gasteiger partial charge in [0.25, 0.3) is 0 Å². The SMILES string of the molecule is FC(F)(F)Cc1nc(C(F)(F)F)c2ccc([C@H]3C[C@@H]3c3cc(Cl)nn4ccnc34)cn12. The molecule has 2 atom stereocenters. The van der Waals surface area contributed by atoms with Gasteiger partial charge in [-0.15, -0.1) is 0 Å². The van der Waals surface area contributed by atoms with Crippen molar-refractivity contribution in [1.29, 1.82) is 0 Å². The Hall–Kier alpha value is -2.82. The minimum absolute atomic E-state index is 0.0282. The van der Waals surface area contributed by atoms with Crippen LogP contribution >= 0.6 is 11.6 Å². The van der Waals surface area contributed by atoms with Gasteiger partial charge in [-0.05, 0) is 36.0 Å². The first-order valence-corrected chi connectivity index (χ1v) is 9.54. The molecule has 162 valence electrons. The fraction of sp³-hybridized carbons (Fsp3) is 0.316. The normalized spacial score (nSPS) is 19.5. The van der Waals surface area contributed by atoms with Crippen LogP contribution in [0.1, 0.15) is 40.9 Å². The van der Waals surface area contributed by atoms with E-state index in [1.807, 2.05) is 0 Å². The summed E-state index contributed by atoms with van der Waals surface area (Å²) in [6.45, 7) is 0. The number of nitrogens with zero attached hydrogens (tertiary/aromatic N) is 5. The molecule has 0 amide bonds. The highest BCUT2D eigenvalue weighted by Gasteiger charge is 2.43. The summed E-state index contributed by atoms with van der Waals surface area (Å²) in [5.74, 6) is -0.824. The summed E-state index contributed by atoms with van der Waals surface area (Å²) in [5.41, 5.74) is 0.315. The van der Waals surface area contributed by atoms with Crippen LogP contribution in [-0.2, 0) is 12.6 Å². The van der Waals surface area contributed by atoms with Crippen molar-refractivity contribution in [2.75, 3.05) is 0 Å². The number of hydrogen-bond donors (Lipinski definition) is 0. The molecule has 0 unspecified atom stereocenters. The Morgan fingerprint density at radius 2 is 1.87 bits per heavy atom. The number of rotatable bonds is 3. The molecule has 0 spiro atoms. The standard InChI is InChI=1S/C19H12ClF6N5/c20-14-6-12(17-27-3-4-31(17)29-14)11-5-10(11)9-1-2-13-16(19(24,25)26)28-15(30(13)8-9)7-18(21,22)23/h1-4,6,8,10-11H,5,7H2/t10-,11+/m1/s1. The molecule has 0 radical (unpaired) electrons. The third kappa shape index (κ3) is 3.60. The molecule has 4 aromatic heterocycles. The molecule has 1 fully saturated rings. The topological polar surface area (TPSA) is 47.5 Å². The third-order valence-corrected chi connectivity index (χ3v) is 5.52. The van der Waals surface area contributed by atoms with Crippen molar-refractivity contribution < 1.29 is 26.3 Å². The second-order valence-corrected chi connectivity index (χ2v) is 7.84. The summed E-state index contributed by atoms with van der Waals surface area (Å²) in [6, 6.07) is 4.35. The lowest BCUT2D eigenvalue weighted by Crippen LogP contribution is -2.14. The Bertz CT molecular complexity index is 1310. The second kappa shape index (κ2) is 6.59. The zero-order chi connectivity index (χ0) is 22.1. The number of hydrogen-bond acceptors (Lipinski definition) is 3. The van der Waals surface area contributed by atoms with Crippen molar-refractivity contribution in [3.63, 3.8) is 0 Å². The molecule has 0 aromatic carbocycles. The highest BCUT2D eigenvalue weighted by Crippen LogP contribution is 2.55. The maximum atomic E-state index is 13.3. The van der Waals surface area contributed by atoms with Gasteiger partial charge in [0.2, 0.25) is 0 Å². The molecule has 31 heavy (non-hydrogen) atoms. The molecule has 12 heteroatoms. The van der Waals surface area contributed by atoms with E-state index >= 15 is 0 Å². The quantitative estimate of drug-likeness (QED) is 0.384. The van der Waals surface area contributed by atoms with E-state index in [2.05, 4.69) is 15.1 Å². The first kappa shape index (κ1) is 20.1. The van der Waals surface area contributed by atoms with Crippen molar-refractivity contribution in [2.45, 2.75) is 37.0 Å². The Morgan fingerprint density at radius 1 is 1.10 bits per heavy atom. The highest BCUT2D eigenvalue weighted by atomic mass is 35.5. The van der Waals surface area contributed by atoms with E-state index in [1.54, 1.807) is 18.5 Å². The van der Waals surface area contributed by atoms with E-state index < -0.39 is 35.8 Å². The van der Waals surface area contributed by atoms with Crippen LogP contribution in [0.25, 0.3) is 11.2 Å². The Kier molecular flexibility index (Phi) is 4.27. The van der Waals surface area contributed by atoms with Crippen LogP contribution in [0.5, 0.6) is 0 Å². The molecular formula is C19H12ClF6N5. The molecule has 4 heterocycles. The Labute approximate surface area is 175 Å². The molecule has 0 aliphatic heterocycles. The van der Waals surface area contributed by atoms with Gasteiger partial charge in [0.15, 0.2) is 11.3 Å². The molecule has 0 saturated heterocycles. The van der Waals surface area contributed by atoms with Gasteiger partial charge in [0, 0.05) is 24.2 Å². The summed E-state index contributed by atoms with van der Waals surface area (Å²) < 4.78 is 81.1. The van der Waals surface area contributed by atoms with Crippen LogP contribution in [0.15, 0.2) is 36.8 Å². The maximum Gasteiger partial charge on any atom is 0.435 e. The van der Waals surface area contributed by atoms with Crippen LogP contribution in [0.2, 0.25) is 5.15 Å². The smallest absolute Gasteiger partial charge is 0.303 e. The van der Waals surface area contributed by atoms with Gasteiger partial charge in [-0.1, -0.05) is 17.7 Å². The fourth-order valence-electron chi connectivity index (χ4n) is 3.98. The largest absolute Gasteiger partial charge is 0.435 e. The first-order valence-electron chi connectivity index (χ1n) is 9.16. The lowest BCUT2D eigenvalue weighted by molar-refractivity contribution is -0.141. The Morgan fingerprint density at radius 3 is 2.58 bits per heavy atom. The van der Waals surface area contributed by atoms with E-state index in [9.17, 15) is 26.3 Å². The zero-order valence-corrected chi connectivity index (χ0v) is 16.2. The summed E-state index contributed by atoms with van der Waals surface area (Å²) in [5, 5.41) is 4.37. The van der Waals surface area contributed by atoms with Crippen molar-refractivity contribution in [3.05, 3.63) is 64.6 Å². The fourth-order valence-corrected chi connectivity index (χ4v) is 4.18. The monoisotopic (exact) mass is 459 g/mol. The van der Waals surface area contributed by atoms with Gasteiger partial charge < -0.3 is 4.40 Å². The van der Waals surface area contributed by atoms with Crippen molar-refractivity contribution >= 4 is 22.8 Å². The summed E-state index contributed by atoms with van der Waals surface area (Å²) in [4.78, 5) is 7.53. The van der Waals surface area contributed by atoms with Crippen LogP contribution < -0.4 is 0 Å². The number of fused-ring (bicyclic) bond motifs is 2. The van der Waals surface area contributed by atoms with Crippen LogP contribution in [0, 0.1) is 0 Å². The highest BCUT2D eigenvalue weighted by molar-refractivity contribution is 6.29. The van der Waals surface area contributed by atoms with Crippen LogP contribution in [0.3, 0.4) is 0 Å². The average Bonchev–Trinajstić information content (AvgIpc) is 3.17. The van der Waals surface area contributed by atoms with E-state index in [1.165, 1.54) is 22.8 Å². The van der Waals surface area contributed by atoms with E-state index in [0.717, 1.165) is 9.96 Å². The molecular weight excluding hydrogens is 448 g/mol. The molecule has 0 N–H and O–H groups in total. The van der Waals surface area contributed by atoms with Gasteiger partial charge in [0.05, 0.1) is 5.52 Å².